The minimum atomic E-state index is -2.77. The molecule has 1 saturated heterocycles. The van der Waals surface area contributed by atoms with Gasteiger partial charge in [-0.3, -0.25) is 4.90 Å². The fraction of sp³-hybridized carbons (Fsp3) is 0.591. The van der Waals surface area contributed by atoms with Gasteiger partial charge < -0.3 is 15.2 Å². The molecule has 1 atom stereocenters. The van der Waals surface area contributed by atoms with Crippen LogP contribution in [-0.4, -0.2) is 54.7 Å². The molecule has 5 nitrogen and oxygen atoms in total. The summed E-state index contributed by atoms with van der Waals surface area (Å²) in [6.07, 6.45) is 1.20. The monoisotopic (exact) mass is 423 g/mol. The van der Waals surface area contributed by atoms with Crippen molar-refractivity contribution in [1.29, 1.82) is 0 Å². The van der Waals surface area contributed by atoms with Crippen molar-refractivity contribution in [3.05, 3.63) is 46.9 Å². The average Bonchev–Trinajstić information content (AvgIpc) is 3.40. The molecule has 30 heavy (non-hydrogen) atoms. The second kappa shape index (κ2) is 7.57. The van der Waals surface area contributed by atoms with Crippen molar-refractivity contribution in [3.63, 3.8) is 0 Å². The topological polar surface area (TPSA) is 60.1 Å². The number of nitrogens with zero attached hydrogens (tertiary/aromatic N) is 2. The van der Waals surface area contributed by atoms with Gasteiger partial charge in [0, 0.05) is 37.3 Å². The number of rotatable bonds is 5. The van der Waals surface area contributed by atoms with Crippen molar-refractivity contribution in [2.24, 2.45) is 10.7 Å². The lowest BCUT2D eigenvalue weighted by atomic mass is 9.96. The average molecular weight is 423 g/mol. The normalized spacial score (nSPS) is 28.2. The van der Waals surface area contributed by atoms with Gasteiger partial charge in [0.15, 0.2) is 0 Å². The predicted octanol–water partition coefficient (Wildman–Crippen LogP) is 3.64. The summed E-state index contributed by atoms with van der Waals surface area (Å²) in [4.78, 5) is 6.52. The Balaban J connectivity index is 1.42. The van der Waals surface area contributed by atoms with E-state index in [9.17, 15) is 13.2 Å². The summed E-state index contributed by atoms with van der Waals surface area (Å²) in [5.41, 5.74) is 6.34. The van der Waals surface area contributed by atoms with Crippen molar-refractivity contribution in [2.45, 2.75) is 56.3 Å². The van der Waals surface area contributed by atoms with Crippen LogP contribution in [0, 0.1) is 5.82 Å². The van der Waals surface area contributed by atoms with Crippen molar-refractivity contribution in [1.82, 2.24) is 4.90 Å². The van der Waals surface area contributed by atoms with Crippen LogP contribution in [0.15, 0.2) is 40.5 Å². The zero-order chi connectivity index (χ0) is 21.6. The molecule has 2 heterocycles. The highest BCUT2D eigenvalue weighted by Gasteiger charge is 2.72. The van der Waals surface area contributed by atoms with Crippen LogP contribution < -0.4 is 5.73 Å². The summed E-state index contributed by atoms with van der Waals surface area (Å²) in [6, 6.07) is 6.25. The molecule has 0 unspecified atom stereocenters. The van der Waals surface area contributed by atoms with Gasteiger partial charge in [0.1, 0.15) is 11.4 Å². The quantitative estimate of drug-likeness (QED) is 0.580. The van der Waals surface area contributed by atoms with E-state index >= 15 is 0 Å². The maximum atomic E-state index is 14.3. The molecule has 1 aromatic carbocycles. The number of hydrogen-bond donors (Lipinski definition) is 1. The Morgan fingerprint density at radius 3 is 2.70 bits per heavy atom. The molecule has 4 rings (SSSR count). The van der Waals surface area contributed by atoms with Crippen LogP contribution in [0.25, 0.3) is 0 Å². The maximum absolute atomic E-state index is 14.3. The molecular weight excluding hydrogens is 395 g/mol. The number of halogens is 3. The molecule has 8 heteroatoms. The van der Waals surface area contributed by atoms with Crippen molar-refractivity contribution in [3.8, 4) is 0 Å². The summed E-state index contributed by atoms with van der Waals surface area (Å²) in [5, 5.41) is 0. The molecule has 0 bridgehead atoms. The van der Waals surface area contributed by atoms with E-state index in [1.54, 1.807) is 19.1 Å². The lowest BCUT2D eigenvalue weighted by molar-refractivity contribution is -0.112. The highest BCUT2D eigenvalue weighted by atomic mass is 19.3. The molecule has 3 aliphatic rings. The van der Waals surface area contributed by atoms with Gasteiger partial charge in [-0.2, -0.15) is 0 Å². The molecule has 2 aliphatic heterocycles. The number of aliphatic imine (C=N–C) groups is 1. The van der Waals surface area contributed by atoms with E-state index in [0.717, 1.165) is 11.1 Å². The number of methoxy groups -OCH3 is 1. The number of ether oxygens (including phenoxy) is 2. The first kappa shape index (κ1) is 21.2. The molecule has 164 valence electrons. The van der Waals surface area contributed by atoms with Crippen LogP contribution in [0.1, 0.15) is 38.2 Å². The van der Waals surface area contributed by atoms with Crippen molar-refractivity contribution < 1.29 is 22.6 Å². The van der Waals surface area contributed by atoms with E-state index in [-0.39, 0.29) is 18.8 Å². The van der Waals surface area contributed by atoms with E-state index in [1.807, 2.05) is 0 Å². The van der Waals surface area contributed by atoms with E-state index in [0.29, 0.717) is 50.5 Å². The first-order valence-electron chi connectivity index (χ1n) is 10.3. The minimum absolute atomic E-state index is 0.259. The zero-order valence-corrected chi connectivity index (χ0v) is 17.4. The summed E-state index contributed by atoms with van der Waals surface area (Å²) in [5.74, 6) is -2.64. The van der Waals surface area contributed by atoms with Gasteiger partial charge in [0.25, 0.3) is 5.92 Å². The fourth-order valence-electron chi connectivity index (χ4n) is 4.66. The van der Waals surface area contributed by atoms with Gasteiger partial charge in [-0.1, -0.05) is 12.1 Å². The highest BCUT2D eigenvalue weighted by Crippen LogP contribution is 2.61. The lowest BCUT2D eigenvalue weighted by Gasteiger charge is -2.35. The smallest absolute Gasteiger partial charge is 0.279 e. The Morgan fingerprint density at radius 1 is 1.33 bits per heavy atom. The van der Waals surface area contributed by atoms with Crippen LogP contribution in [0.4, 0.5) is 13.2 Å². The van der Waals surface area contributed by atoms with E-state index in [1.165, 1.54) is 19.2 Å². The Bertz CT molecular complexity index is 874. The van der Waals surface area contributed by atoms with Gasteiger partial charge in [-0.25, -0.2) is 18.2 Å². The van der Waals surface area contributed by atoms with Crippen LogP contribution in [0.5, 0.6) is 0 Å². The number of benzene rings is 1. The summed E-state index contributed by atoms with van der Waals surface area (Å²) in [6.45, 7) is 3.54. The summed E-state index contributed by atoms with van der Waals surface area (Å²) >= 11 is 0. The maximum Gasteiger partial charge on any atom is 0.279 e. The standard InChI is InChI=1S/C22H28F3N3O2/c1-20(13-22(24,25)21(30-20)7-8-21)14-28-9-6-17(18(26)12-28)19(29-2)27-11-15-4-3-5-16(23)10-15/h3-5,10H,6-9,11-14,26H2,1-2H3/t20-/m0/s1. The van der Waals surface area contributed by atoms with Crippen molar-refractivity contribution in [2.75, 3.05) is 26.7 Å². The Kier molecular flexibility index (Phi) is 5.34. The first-order valence-corrected chi connectivity index (χ1v) is 10.3. The molecule has 0 amide bonds. The van der Waals surface area contributed by atoms with Crippen LogP contribution >= 0.6 is 0 Å². The zero-order valence-electron chi connectivity index (χ0n) is 17.4. The number of hydrogen-bond acceptors (Lipinski definition) is 5. The SMILES string of the molecule is COC(=NCc1cccc(F)c1)C1=C(N)CN(C[C@]2(C)CC(F)(F)C3(CC3)O2)CC1. The minimum Gasteiger partial charge on any atom is -0.481 e. The molecule has 2 N–H and O–H groups in total. The fourth-order valence-corrected chi connectivity index (χ4v) is 4.66. The van der Waals surface area contributed by atoms with E-state index < -0.39 is 17.1 Å². The molecule has 0 aromatic heterocycles. The third-order valence-corrected chi connectivity index (χ3v) is 6.17. The van der Waals surface area contributed by atoms with Gasteiger partial charge in [-0.15, -0.1) is 0 Å². The lowest BCUT2D eigenvalue weighted by Crippen LogP contribution is -2.45. The van der Waals surface area contributed by atoms with Gasteiger partial charge in [-0.05, 0) is 43.9 Å². The third kappa shape index (κ3) is 4.07. The summed E-state index contributed by atoms with van der Waals surface area (Å²) < 4.78 is 53.3. The molecule has 1 saturated carbocycles. The number of nitrogens with two attached hydrogens (primary N) is 1. The molecule has 1 spiro atoms. The van der Waals surface area contributed by atoms with Crippen molar-refractivity contribution >= 4 is 5.90 Å². The second-order valence-corrected chi connectivity index (χ2v) is 8.85. The molecule has 2 fully saturated rings. The van der Waals surface area contributed by atoms with E-state index in [4.69, 9.17) is 15.2 Å². The van der Waals surface area contributed by atoms with Gasteiger partial charge in [0.05, 0.1) is 19.3 Å². The Hall–Kier alpha value is -2.06. The van der Waals surface area contributed by atoms with Gasteiger partial charge in [0.2, 0.25) is 5.90 Å². The van der Waals surface area contributed by atoms with Gasteiger partial charge >= 0.3 is 0 Å². The largest absolute Gasteiger partial charge is 0.481 e. The summed E-state index contributed by atoms with van der Waals surface area (Å²) in [7, 11) is 1.53. The second-order valence-electron chi connectivity index (χ2n) is 8.85. The third-order valence-electron chi connectivity index (χ3n) is 6.17. The molecule has 1 aromatic rings. The molecule has 1 aliphatic carbocycles. The molecular formula is C22H28F3N3O2. The number of alkyl halides is 2. The van der Waals surface area contributed by atoms with Crippen LogP contribution in [0.3, 0.4) is 0 Å². The van der Waals surface area contributed by atoms with Crippen LogP contribution in [0.2, 0.25) is 0 Å². The van der Waals surface area contributed by atoms with E-state index in [2.05, 4.69) is 9.89 Å². The Morgan fingerprint density at radius 2 is 2.10 bits per heavy atom. The first-order chi connectivity index (χ1) is 14.2. The highest BCUT2D eigenvalue weighted by molar-refractivity contribution is 5.94. The Labute approximate surface area is 174 Å². The molecule has 0 radical (unpaired) electrons. The predicted molar refractivity (Wildman–Crippen MR) is 108 cm³/mol. The van der Waals surface area contributed by atoms with Crippen LogP contribution in [-0.2, 0) is 16.0 Å².